The van der Waals surface area contributed by atoms with E-state index < -0.39 is 0 Å². The summed E-state index contributed by atoms with van der Waals surface area (Å²) in [4.78, 5) is 6.74. The summed E-state index contributed by atoms with van der Waals surface area (Å²) in [5.74, 6) is 0. The van der Waals surface area contributed by atoms with Crippen molar-refractivity contribution >= 4 is 34.8 Å². The monoisotopic (exact) mass is 768 g/mol. The Labute approximate surface area is 342 Å². The van der Waals surface area contributed by atoms with Gasteiger partial charge in [-0.1, -0.05) is 172 Å². The fourth-order valence-corrected chi connectivity index (χ4v) is 9.26. The summed E-state index contributed by atoms with van der Waals surface area (Å²) in [6.07, 6.45) is 2.36. The van der Waals surface area contributed by atoms with E-state index in [4.69, 9.17) is 16.6 Å². The second-order valence-corrected chi connectivity index (χ2v) is 17.1. The first-order valence-corrected chi connectivity index (χ1v) is 20.6. The number of thioether (sulfide) groups is 1. The van der Waals surface area contributed by atoms with Gasteiger partial charge in [0.15, 0.2) is 0 Å². The average Bonchev–Trinajstić information content (AvgIpc) is 3.52. The Hall–Kier alpha value is -5.35. The van der Waals surface area contributed by atoms with E-state index in [0.29, 0.717) is 11.6 Å². The van der Waals surface area contributed by atoms with E-state index >= 15 is 0 Å². The van der Waals surface area contributed by atoms with E-state index in [9.17, 15) is 0 Å². The van der Waals surface area contributed by atoms with Crippen LogP contribution in [0.3, 0.4) is 0 Å². The molecule has 0 aliphatic rings. The number of para-hydroxylation sites is 1. The van der Waals surface area contributed by atoms with Crippen molar-refractivity contribution in [2.24, 2.45) is 10.4 Å². The Balaban J connectivity index is 1.62. The number of aliphatic imine (C=N–C) groups is 1. The van der Waals surface area contributed by atoms with Crippen LogP contribution in [0.25, 0.3) is 44.5 Å². The first-order chi connectivity index (χ1) is 27.1. The van der Waals surface area contributed by atoms with E-state index in [0.717, 1.165) is 17.0 Å². The molecular weight excluding hydrogens is 720 g/mol. The summed E-state index contributed by atoms with van der Waals surface area (Å²) in [6, 6.07) is 58.3. The minimum atomic E-state index is -0.116. The lowest BCUT2D eigenvalue weighted by atomic mass is 9.85. The molecule has 0 radical (unpaired) electrons. The first-order valence-electron chi connectivity index (χ1n) is 19.3. The summed E-state index contributed by atoms with van der Waals surface area (Å²) in [7, 11) is 0. The molecule has 0 aliphatic carbocycles. The van der Waals surface area contributed by atoms with Crippen LogP contribution in [0.4, 0.5) is 5.69 Å². The third kappa shape index (κ3) is 8.86. The maximum Gasteiger partial charge on any atom is 0.0819 e. The van der Waals surface area contributed by atoms with E-state index in [1.165, 1.54) is 60.8 Å². The lowest BCUT2D eigenvalue weighted by molar-refractivity contribution is 0.541. The quantitative estimate of drug-likeness (QED) is 0.0946. The molecular formula is C52H49ClN2S. The molecule has 0 aliphatic heterocycles. The summed E-state index contributed by atoms with van der Waals surface area (Å²) in [5.41, 5.74) is 14.8. The van der Waals surface area contributed by atoms with Crippen molar-refractivity contribution in [3.63, 3.8) is 0 Å². The molecule has 1 atom stereocenters. The SMILES string of the molecule is CC(=CC(C)(C)C)C(=Nc1ccccc1Cl)C(Cn1c(C)ccc1C)Sc1c(-c2ccccc2)c(-c2ccccc2)cc(-c2ccccc2)c1-c1ccccc1. The largest absolute Gasteiger partial charge is 0.348 e. The molecule has 0 N–H and O–H groups in total. The molecule has 56 heavy (non-hydrogen) atoms. The predicted octanol–water partition coefficient (Wildman–Crippen LogP) is 15.4. The van der Waals surface area contributed by atoms with Crippen LogP contribution in [0.15, 0.2) is 185 Å². The van der Waals surface area contributed by atoms with E-state index in [1.807, 2.05) is 36.0 Å². The average molecular weight is 769 g/mol. The maximum atomic E-state index is 6.91. The van der Waals surface area contributed by atoms with Gasteiger partial charge in [0.25, 0.3) is 0 Å². The molecule has 4 heteroatoms. The van der Waals surface area contributed by atoms with Crippen molar-refractivity contribution in [1.29, 1.82) is 0 Å². The van der Waals surface area contributed by atoms with Gasteiger partial charge in [-0.2, -0.15) is 0 Å². The lowest BCUT2D eigenvalue weighted by Crippen LogP contribution is -2.26. The zero-order valence-corrected chi connectivity index (χ0v) is 34.7. The van der Waals surface area contributed by atoms with Crippen molar-refractivity contribution < 1.29 is 0 Å². The molecule has 7 rings (SSSR count). The van der Waals surface area contributed by atoms with Gasteiger partial charge >= 0.3 is 0 Å². The van der Waals surface area contributed by atoms with Gasteiger partial charge in [-0.3, -0.25) is 4.99 Å². The minimum absolute atomic E-state index is 0.0715. The number of hydrogen-bond acceptors (Lipinski definition) is 2. The highest BCUT2D eigenvalue weighted by Crippen LogP contribution is 2.51. The molecule has 0 amide bonds. The second-order valence-electron chi connectivity index (χ2n) is 15.5. The number of aromatic nitrogens is 1. The van der Waals surface area contributed by atoms with Gasteiger partial charge in [-0.05, 0) is 95.5 Å². The van der Waals surface area contributed by atoms with Crippen LogP contribution >= 0.6 is 23.4 Å². The Morgan fingerprint density at radius 2 is 1.05 bits per heavy atom. The number of aryl methyl sites for hydroxylation is 2. The maximum absolute atomic E-state index is 6.91. The Morgan fingerprint density at radius 1 is 0.625 bits per heavy atom. The summed E-state index contributed by atoms with van der Waals surface area (Å²) < 4.78 is 2.44. The highest BCUT2D eigenvalue weighted by molar-refractivity contribution is 8.01. The van der Waals surface area contributed by atoms with Gasteiger partial charge in [0, 0.05) is 34.0 Å². The number of halogens is 1. The van der Waals surface area contributed by atoms with Crippen LogP contribution in [0.2, 0.25) is 5.02 Å². The van der Waals surface area contributed by atoms with E-state index in [2.05, 4.69) is 192 Å². The number of benzene rings is 6. The van der Waals surface area contributed by atoms with Crippen LogP contribution < -0.4 is 0 Å². The molecule has 1 aromatic heterocycles. The molecule has 2 nitrogen and oxygen atoms in total. The zero-order valence-electron chi connectivity index (χ0n) is 33.1. The third-order valence-electron chi connectivity index (χ3n) is 10.1. The highest BCUT2D eigenvalue weighted by Gasteiger charge is 2.29. The Morgan fingerprint density at radius 3 is 1.50 bits per heavy atom. The van der Waals surface area contributed by atoms with Gasteiger partial charge in [0.1, 0.15) is 0 Å². The van der Waals surface area contributed by atoms with Crippen LogP contribution in [0.1, 0.15) is 39.1 Å². The number of allylic oxidation sites excluding steroid dienone is 2. The molecule has 280 valence electrons. The van der Waals surface area contributed by atoms with Crippen molar-refractivity contribution in [1.82, 2.24) is 4.57 Å². The Kier molecular flexibility index (Phi) is 12.0. The molecule has 1 heterocycles. The van der Waals surface area contributed by atoms with Crippen LogP contribution in [-0.4, -0.2) is 15.5 Å². The zero-order chi connectivity index (χ0) is 39.2. The summed E-state index contributed by atoms with van der Waals surface area (Å²) in [6.45, 7) is 14.1. The fourth-order valence-electron chi connectivity index (χ4n) is 7.53. The van der Waals surface area contributed by atoms with Crippen LogP contribution in [-0.2, 0) is 6.54 Å². The van der Waals surface area contributed by atoms with Gasteiger partial charge < -0.3 is 4.57 Å². The number of hydrogen-bond donors (Lipinski definition) is 0. The number of rotatable bonds is 11. The van der Waals surface area contributed by atoms with Crippen molar-refractivity contribution in [2.45, 2.75) is 58.2 Å². The van der Waals surface area contributed by atoms with Crippen LogP contribution in [0, 0.1) is 19.3 Å². The standard InChI is InChI=1S/C52H49ClN2S/c1-36(34-52(4,5)6)50(54-46-30-20-19-29-45(46)53)47(35-55-37(2)31-32-38(55)3)56-51-48(41-25-15-9-16-26-41)43(39-21-11-7-12-22-39)33-44(40-23-13-8-14-24-40)49(51)42-27-17-10-18-28-42/h7-34,47H,35H2,1-6H3. The van der Waals surface area contributed by atoms with Gasteiger partial charge in [-0.15, -0.1) is 11.8 Å². The number of nitrogens with zero attached hydrogens (tertiary/aromatic N) is 2. The van der Waals surface area contributed by atoms with Crippen molar-refractivity contribution in [3.05, 3.63) is 192 Å². The van der Waals surface area contributed by atoms with E-state index in [1.54, 1.807) is 0 Å². The van der Waals surface area contributed by atoms with Crippen molar-refractivity contribution in [3.8, 4) is 44.5 Å². The fraction of sp³-hybridized carbons (Fsp3) is 0.173. The first kappa shape index (κ1) is 38.9. The molecule has 1 unspecified atom stereocenters. The molecule has 6 aromatic carbocycles. The topological polar surface area (TPSA) is 17.3 Å². The highest BCUT2D eigenvalue weighted by atomic mass is 35.5. The molecule has 0 spiro atoms. The predicted molar refractivity (Wildman–Crippen MR) is 243 cm³/mol. The van der Waals surface area contributed by atoms with E-state index in [-0.39, 0.29) is 10.7 Å². The van der Waals surface area contributed by atoms with Crippen molar-refractivity contribution in [2.75, 3.05) is 0 Å². The molecule has 0 saturated carbocycles. The molecule has 0 saturated heterocycles. The van der Waals surface area contributed by atoms with Gasteiger partial charge in [-0.25, -0.2) is 0 Å². The molecule has 7 aromatic rings. The third-order valence-corrected chi connectivity index (χ3v) is 11.7. The van der Waals surface area contributed by atoms with Gasteiger partial charge in [0.2, 0.25) is 0 Å². The molecule has 0 bridgehead atoms. The minimum Gasteiger partial charge on any atom is -0.348 e. The normalized spacial score (nSPS) is 12.8. The molecule has 0 fully saturated rings. The Bertz CT molecular complexity index is 2350. The second kappa shape index (κ2) is 17.2. The van der Waals surface area contributed by atoms with Gasteiger partial charge in [0.05, 0.1) is 21.7 Å². The smallest absolute Gasteiger partial charge is 0.0819 e. The lowest BCUT2D eigenvalue weighted by Gasteiger charge is -2.29. The summed E-state index contributed by atoms with van der Waals surface area (Å²) in [5, 5.41) is 0.521. The summed E-state index contributed by atoms with van der Waals surface area (Å²) >= 11 is 8.83. The van der Waals surface area contributed by atoms with Crippen LogP contribution in [0.5, 0.6) is 0 Å².